The van der Waals surface area contributed by atoms with Crippen LogP contribution in [0.15, 0.2) is 0 Å². The Balaban J connectivity index is 4.62. The maximum Gasteiger partial charge on any atom is 0.363 e. The first kappa shape index (κ1) is 15.1. The Hall–Kier alpha value is 0.130. The Morgan fingerprint density at radius 1 is 1.33 bits per heavy atom. The summed E-state index contributed by atoms with van der Waals surface area (Å²) in [6.07, 6.45) is -2.55. The summed E-state index contributed by atoms with van der Waals surface area (Å²) < 4.78 is 38.6. The second kappa shape index (κ2) is 5.46. The average Bonchev–Trinajstić information content (AvgIpc) is 1.96. The zero-order valence-electron chi connectivity index (χ0n) is 7.58. The van der Waals surface area contributed by atoms with E-state index in [0.29, 0.717) is 6.42 Å². The maximum atomic E-state index is 12.8. The molecule has 0 N–H and O–H groups in total. The van der Waals surface area contributed by atoms with Crippen LogP contribution in [0.1, 0.15) is 19.8 Å². The molecule has 0 saturated carbocycles. The molecule has 0 spiro atoms. The summed E-state index contributed by atoms with van der Waals surface area (Å²) >= 11 is 14.1. The van der Waals surface area contributed by atoms with E-state index in [1.165, 1.54) is 0 Å². The highest BCUT2D eigenvalue weighted by atomic mass is 35.5. The van der Waals surface area contributed by atoms with Crippen LogP contribution in [0, 0.1) is 0 Å². The van der Waals surface area contributed by atoms with Crippen molar-refractivity contribution in [1.82, 2.24) is 0 Å². The van der Waals surface area contributed by atoms with Crippen molar-refractivity contribution >= 4 is 40.8 Å². The number of rotatable bonds is 5. The second-order valence-corrected chi connectivity index (χ2v) is 4.50. The van der Waals surface area contributed by atoms with Gasteiger partial charge in [0.1, 0.15) is 0 Å². The number of ether oxygens (including phenoxy) is 1. The zero-order chi connectivity index (χ0) is 12.3. The number of carbonyl (C=O) groups excluding carboxylic acids is 1. The molecule has 0 fully saturated rings. The van der Waals surface area contributed by atoms with Gasteiger partial charge in [-0.1, -0.05) is 30.1 Å². The van der Waals surface area contributed by atoms with Crippen LogP contribution >= 0.6 is 34.8 Å². The summed E-state index contributed by atoms with van der Waals surface area (Å²) in [4.78, 5) is 10.8. The van der Waals surface area contributed by atoms with Crippen LogP contribution < -0.4 is 0 Å². The van der Waals surface area contributed by atoms with Gasteiger partial charge in [-0.15, -0.1) is 0 Å². The lowest BCUT2D eigenvalue weighted by Gasteiger charge is -2.26. The van der Waals surface area contributed by atoms with Gasteiger partial charge in [0, 0.05) is 6.42 Å². The van der Waals surface area contributed by atoms with Gasteiger partial charge in [0.2, 0.25) is 6.10 Å². The molecule has 0 bridgehead atoms. The molecule has 0 aliphatic carbocycles. The largest absolute Gasteiger partial charge is 0.448 e. The number of carbonyl (C=O) groups is 1. The van der Waals surface area contributed by atoms with Crippen molar-refractivity contribution in [2.24, 2.45) is 0 Å². The molecule has 0 aromatic carbocycles. The zero-order valence-corrected chi connectivity index (χ0v) is 9.84. The molecule has 0 rings (SSSR count). The summed E-state index contributed by atoms with van der Waals surface area (Å²) in [7, 11) is 0. The van der Waals surface area contributed by atoms with Gasteiger partial charge < -0.3 is 4.74 Å². The summed E-state index contributed by atoms with van der Waals surface area (Å²) in [5, 5.41) is -4.18. The van der Waals surface area contributed by atoms with Crippen molar-refractivity contribution in [3.63, 3.8) is 0 Å². The number of alkyl halides is 6. The molecule has 1 atom stereocenters. The predicted molar refractivity (Wildman–Crippen MR) is 51.1 cm³/mol. The molecule has 0 saturated heterocycles. The van der Waals surface area contributed by atoms with Crippen LogP contribution in [0.25, 0.3) is 0 Å². The van der Waals surface area contributed by atoms with Crippen molar-refractivity contribution in [2.75, 3.05) is 0 Å². The highest BCUT2D eigenvalue weighted by Gasteiger charge is 2.54. The fraction of sp³-hybridized carbons (Fsp3) is 0.857. The van der Waals surface area contributed by atoms with E-state index in [-0.39, 0.29) is 6.42 Å². The van der Waals surface area contributed by atoms with E-state index < -0.39 is 22.0 Å². The fourth-order valence-electron chi connectivity index (χ4n) is 0.714. The standard InChI is InChI=1S/C7H8Cl3F3O2/c1-2-3-4(14)15-5(6(8,9)11)7(10,12)13/h5H,2-3H2,1H3. The number of esters is 1. The molecule has 15 heavy (non-hydrogen) atoms. The average molecular weight is 287 g/mol. The van der Waals surface area contributed by atoms with E-state index in [0.717, 1.165) is 0 Å². The van der Waals surface area contributed by atoms with Crippen molar-refractivity contribution in [3.8, 4) is 0 Å². The Morgan fingerprint density at radius 3 is 2.07 bits per heavy atom. The van der Waals surface area contributed by atoms with E-state index >= 15 is 0 Å². The van der Waals surface area contributed by atoms with E-state index in [1.807, 2.05) is 0 Å². The fourth-order valence-corrected chi connectivity index (χ4v) is 1.38. The van der Waals surface area contributed by atoms with Crippen LogP contribution in [0.3, 0.4) is 0 Å². The third kappa shape index (κ3) is 5.68. The molecule has 0 radical (unpaired) electrons. The molecular formula is C7H8Cl3F3O2. The lowest BCUT2D eigenvalue weighted by atomic mass is 10.3. The number of hydrogen-bond donors (Lipinski definition) is 0. The van der Waals surface area contributed by atoms with Gasteiger partial charge in [-0.2, -0.15) is 8.78 Å². The van der Waals surface area contributed by atoms with Gasteiger partial charge in [0.05, 0.1) is 0 Å². The first-order valence-corrected chi connectivity index (χ1v) is 5.05. The molecule has 8 heteroatoms. The van der Waals surface area contributed by atoms with Gasteiger partial charge in [-0.3, -0.25) is 4.79 Å². The number of halogens is 6. The minimum absolute atomic E-state index is 0.159. The highest BCUT2D eigenvalue weighted by Crippen LogP contribution is 2.40. The van der Waals surface area contributed by atoms with Crippen LogP contribution in [-0.2, 0) is 9.53 Å². The molecule has 1 unspecified atom stereocenters. The quantitative estimate of drug-likeness (QED) is 0.570. The van der Waals surface area contributed by atoms with Crippen LogP contribution in [0.4, 0.5) is 13.2 Å². The van der Waals surface area contributed by atoms with Gasteiger partial charge in [0.25, 0.3) is 0 Å². The minimum atomic E-state index is -4.18. The lowest BCUT2D eigenvalue weighted by molar-refractivity contribution is -0.167. The smallest absolute Gasteiger partial charge is 0.363 e. The topological polar surface area (TPSA) is 26.3 Å². The monoisotopic (exact) mass is 286 g/mol. The van der Waals surface area contributed by atoms with Gasteiger partial charge in [-0.05, 0) is 18.0 Å². The maximum absolute atomic E-state index is 12.8. The molecular weight excluding hydrogens is 279 g/mol. The molecule has 90 valence electrons. The van der Waals surface area contributed by atoms with Crippen LogP contribution in [-0.4, -0.2) is 22.0 Å². The van der Waals surface area contributed by atoms with E-state index in [1.54, 1.807) is 6.92 Å². The summed E-state index contributed by atoms with van der Waals surface area (Å²) in [5.41, 5.74) is 0. The summed E-state index contributed by atoms with van der Waals surface area (Å²) in [6, 6.07) is 0. The Bertz CT molecular complexity index is 211. The lowest BCUT2D eigenvalue weighted by Crippen LogP contribution is -2.43. The Labute approximate surface area is 99.6 Å². The van der Waals surface area contributed by atoms with Gasteiger partial charge >= 0.3 is 15.9 Å². The molecule has 0 aliphatic rings. The van der Waals surface area contributed by atoms with Crippen molar-refractivity contribution < 1.29 is 22.7 Å². The van der Waals surface area contributed by atoms with E-state index in [4.69, 9.17) is 23.2 Å². The second-order valence-electron chi connectivity index (χ2n) is 2.70. The third-order valence-corrected chi connectivity index (χ3v) is 1.89. The third-order valence-electron chi connectivity index (χ3n) is 1.30. The van der Waals surface area contributed by atoms with Crippen LogP contribution in [0.5, 0.6) is 0 Å². The molecule has 0 heterocycles. The highest BCUT2D eigenvalue weighted by molar-refractivity contribution is 6.48. The summed E-state index contributed by atoms with van der Waals surface area (Å²) in [6.45, 7) is 1.61. The van der Waals surface area contributed by atoms with Crippen molar-refractivity contribution in [2.45, 2.75) is 35.8 Å². The molecule has 0 aromatic rings. The van der Waals surface area contributed by atoms with E-state index in [9.17, 15) is 18.0 Å². The Morgan fingerprint density at radius 2 is 1.80 bits per heavy atom. The normalized spacial score (nSPS) is 14.9. The molecule has 2 nitrogen and oxygen atoms in total. The van der Waals surface area contributed by atoms with Gasteiger partial charge in [-0.25, -0.2) is 4.39 Å². The molecule has 0 aromatic heterocycles. The van der Waals surface area contributed by atoms with Crippen molar-refractivity contribution in [1.29, 1.82) is 0 Å². The summed E-state index contributed by atoms with van der Waals surface area (Å²) in [5.74, 6) is -1.05. The van der Waals surface area contributed by atoms with Crippen molar-refractivity contribution in [3.05, 3.63) is 0 Å². The van der Waals surface area contributed by atoms with Gasteiger partial charge in [0.15, 0.2) is 0 Å². The predicted octanol–water partition coefficient (Wildman–Crippen LogP) is 3.63. The van der Waals surface area contributed by atoms with Crippen LogP contribution in [0.2, 0.25) is 0 Å². The Kier molecular flexibility index (Phi) is 5.50. The number of hydrogen-bond acceptors (Lipinski definition) is 2. The first-order chi connectivity index (χ1) is 6.59. The molecule has 0 aliphatic heterocycles. The molecule has 0 amide bonds. The minimum Gasteiger partial charge on any atom is -0.448 e. The first-order valence-electron chi connectivity index (χ1n) is 3.92. The van der Waals surface area contributed by atoms with E-state index in [2.05, 4.69) is 16.3 Å². The SMILES string of the molecule is CCCC(=O)OC(C(F)(F)Cl)C(F)(Cl)Cl.